The van der Waals surface area contributed by atoms with Crippen molar-refractivity contribution in [1.82, 2.24) is 5.32 Å². The third-order valence-corrected chi connectivity index (χ3v) is 5.33. The molecule has 0 saturated heterocycles. The number of rotatable bonds is 5. The Balaban J connectivity index is 3.07. The van der Waals surface area contributed by atoms with Gasteiger partial charge in [-0.3, -0.25) is 4.79 Å². The van der Waals surface area contributed by atoms with Crippen LogP contribution in [0.15, 0.2) is 21.5 Å². The van der Waals surface area contributed by atoms with Gasteiger partial charge in [0.05, 0.1) is 4.90 Å². The number of halogens is 1. The van der Waals surface area contributed by atoms with Crippen LogP contribution in [0.3, 0.4) is 0 Å². The Morgan fingerprint density at radius 2 is 1.90 bits per heavy atom. The molecular formula is C14H21BrN2O3S. The molecule has 5 nitrogen and oxygen atoms in total. The average Bonchev–Trinajstić information content (AvgIpc) is 2.37. The van der Waals surface area contributed by atoms with Crippen LogP contribution in [-0.2, 0) is 10.0 Å². The lowest BCUT2D eigenvalue weighted by molar-refractivity contribution is 0.0944. The standard InChI is InChI=1S/C14H21BrN2O3S/c1-8(2)9(3)7-17-14(18)12-5-11(21(16,19)20)6-13(15)10(12)4/h5-6,8-9H,7H2,1-4H3,(H,17,18)(H2,16,19,20). The van der Waals surface area contributed by atoms with Gasteiger partial charge in [0.15, 0.2) is 0 Å². The predicted molar refractivity (Wildman–Crippen MR) is 86.6 cm³/mol. The molecule has 7 heteroatoms. The Bertz CT molecular complexity index is 642. The highest BCUT2D eigenvalue weighted by molar-refractivity contribution is 9.10. The van der Waals surface area contributed by atoms with Gasteiger partial charge in [-0.25, -0.2) is 13.6 Å². The van der Waals surface area contributed by atoms with E-state index >= 15 is 0 Å². The Morgan fingerprint density at radius 3 is 2.38 bits per heavy atom. The van der Waals surface area contributed by atoms with Crippen LogP contribution in [-0.4, -0.2) is 20.9 Å². The molecule has 0 radical (unpaired) electrons. The van der Waals surface area contributed by atoms with Crippen molar-refractivity contribution in [2.45, 2.75) is 32.6 Å². The highest BCUT2D eigenvalue weighted by Gasteiger charge is 2.18. The minimum Gasteiger partial charge on any atom is -0.352 e. The topological polar surface area (TPSA) is 89.3 Å². The molecule has 0 heterocycles. The number of amides is 1. The van der Waals surface area contributed by atoms with Crippen molar-refractivity contribution < 1.29 is 13.2 Å². The second kappa shape index (κ2) is 6.89. The van der Waals surface area contributed by atoms with Crippen LogP contribution in [0.2, 0.25) is 0 Å². The van der Waals surface area contributed by atoms with Crippen LogP contribution in [0.5, 0.6) is 0 Å². The van der Waals surface area contributed by atoms with Crippen molar-refractivity contribution in [2.75, 3.05) is 6.54 Å². The number of nitrogens with one attached hydrogen (secondary N) is 1. The normalized spacial score (nSPS) is 13.3. The van der Waals surface area contributed by atoms with Crippen LogP contribution >= 0.6 is 15.9 Å². The molecule has 21 heavy (non-hydrogen) atoms. The number of primary sulfonamides is 1. The summed E-state index contributed by atoms with van der Waals surface area (Å²) in [6, 6.07) is 2.71. The lowest BCUT2D eigenvalue weighted by atomic mass is 9.98. The molecule has 0 fully saturated rings. The average molecular weight is 377 g/mol. The first-order valence-corrected chi connectivity index (χ1v) is 8.99. The van der Waals surface area contributed by atoms with Gasteiger partial charge in [-0.2, -0.15) is 0 Å². The van der Waals surface area contributed by atoms with Crippen LogP contribution in [0.25, 0.3) is 0 Å². The van der Waals surface area contributed by atoms with Crippen LogP contribution in [0.1, 0.15) is 36.7 Å². The largest absolute Gasteiger partial charge is 0.352 e. The summed E-state index contributed by atoms with van der Waals surface area (Å²) in [4.78, 5) is 12.2. The summed E-state index contributed by atoms with van der Waals surface area (Å²) in [6.07, 6.45) is 0. The zero-order chi connectivity index (χ0) is 16.4. The second-order valence-corrected chi connectivity index (χ2v) is 7.97. The third kappa shape index (κ3) is 4.79. The second-order valence-electron chi connectivity index (χ2n) is 5.55. The fraction of sp³-hybridized carbons (Fsp3) is 0.500. The molecule has 0 bridgehead atoms. The monoisotopic (exact) mass is 376 g/mol. The highest BCUT2D eigenvalue weighted by atomic mass is 79.9. The summed E-state index contributed by atoms with van der Waals surface area (Å²) in [5, 5.41) is 7.96. The van der Waals surface area contributed by atoms with Crippen LogP contribution < -0.4 is 10.5 Å². The molecule has 0 aliphatic rings. The molecule has 118 valence electrons. The van der Waals surface area contributed by atoms with Crippen molar-refractivity contribution in [3.63, 3.8) is 0 Å². The number of hydrogen-bond acceptors (Lipinski definition) is 3. The van der Waals surface area contributed by atoms with E-state index in [4.69, 9.17) is 5.14 Å². The van der Waals surface area contributed by atoms with Crippen molar-refractivity contribution in [3.05, 3.63) is 27.7 Å². The SMILES string of the molecule is Cc1c(Br)cc(S(N)(=O)=O)cc1C(=O)NCC(C)C(C)C. The Kier molecular flexibility index (Phi) is 5.95. The maximum atomic E-state index is 12.3. The van der Waals surface area contributed by atoms with E-state index in [1.54, 1.807) is 6.92 Å². The lowest BCUT2D eigenvalue weighted by Crippen LogP contribution is -2.31. The number of nitrogens with two attached hydrogens (primary N) is 1. The first-order chi connectivity index (χ1) is 9.54. The van der Waals surface area contributed by atoms with Gasteiger partial charge in [-0.15, -0.1) is 0 Å². The molecule has 1 aromatic rings. The fourth-order valence-electron chi connectivity index (χ4n) is 1.64. The van der Waals surface area contributed by atoms with Gasteiger partial charge in [-0.1, -0.05) is 36.7 Å². The van der Waals surface area contributed by atoms with E-state index in [1.807, 2.05) is 0 Å². The molecule has 0 saturated carbocycles. The van der Waals surface area contributed by atoms with Crippen molar-refractivity contribution in [2.24, 2.45) is 17.0 Å². The number of sulfonamides is 1. The van der Waals surface area contributed by atoms with Gasteiger partial charge >= 0.3 is 0 Å². The Morgan fingerprint density at radius 1 is 1.33 bits per heavy atom. The molecule has 1 amide bonds. The lowest BCUT2D eigenvalue weighted by Gasteiger charge is -2.17. The summed E-state index contributed by atoms with van der Waals surface area (Å²) < 4.78 is 23.4. The van der Waals surface area contributed by atoms with Crippen molar-refractivity contribution in [1.29, 1.82) is 0 Å². The number of carbonyl (C=O) groups is 1. The van der Waals surface area contributed by atoms with E-state index in [-0.39, 0.29) is 10.8 Å². The molecule has 1 aromatic carbocycles. The summed E-state index contributed by atoms with van der Waals surface area (Å²) in [5.41, 5.74) is 0.987. The molecule has 1 unspecified atom stereocenters. The number of carbonyl (C=O) groups excluding carboxylic acids is 1. The first-order valence-electron chi connectivity index (χ1n) is 6.65. The highest BCUT2D eigenvalue weighted by Crippen LogP contribution is 2.24. The third-order valence-electron chi connectivity index (χ3n) is 3.61. The zero-order valence-electron chi connectivity index (χ0n) is 12.6. The molecule has 0 spiro atoms. The van der Waals surface area contributed by atoms with E-state index in [1.165, 1.54) is 12.1 Å². The molecule has 0 aliphatic heterocycles. The summed E-state index contributed by atoms with van der Waals surface area (Å²) in [6.45, 7) is 8.50. The van der Waals surface area contributed by atoms with E-state index in [2.05, 4.69) is 42.0 Å². The van der Waals surface area contributed by atoms with Gasteiger partial charge in [0.1, 0.15) is 0 Å². The van der Waals surface area contributed by atoms with Gasteiger partial charge in [0.25, 0.3) is 5.91 Å². The van der Waals surface area contributed by atoms with E-state index in [9.17, 15) is 13.2 Å². The fourth-order valence-corrected chi connectivity index (χ4v) is 2.81. The van der Waals surface area contributed by atoms with Gasteiger partial charge < -0.3 is 5.32 Å². The Labute approximate surface area is 134 Å². The van der Waals surface area contributed by atoms with Crippen LogP contribution in [0.4, 0.5) is 0 Å². The van der Waals surface area contributed by atoms with Gasteiger partial charge in [-0.05, 0) is 36.5 Å². The van der Waals surface area contributed by atoms with Crippen molar-refractivity contribution in [3.8, 4) is 0 Å². The minimum atomic E-state index is -3.85. The number of hydrogen-bond donors (Lipinski definition) is 2. The molecule has 0 aliphatic carbocycles. The zero-order valence-corrected chi connectivity index (χ0v) is 15.0. The van der Waals surface area contributed by atoms with E-state index in [0.29, 0.717) is 34.0 Å². The maximum Gasteiger partial charge on any atom is 0.251 e. The number of benzene rings is 1. The van der Waals surface area contributed by atoms with Gasteiger partial charge in [0.2, 0.25) is 10.0 Å². The molecule has 1 atom stereocenters. The predicted octanol–water partition coefficient (Wildman–Crippen LogP) is 2.43. The van der Waals surface area contributed by atoms with E-state index in [0.717, 1.165) is 0 Å². The molecule has 3 N–H and O–H groups in total. The summed E-state index contributed by atoms with van der Waals surface area (Å²) in [5.74, 6) is 0.485. The minimum absolute atomic E-state index is 0.0815. The van der Waals surface area contributed by atoms with E-state index < -0.39 is 10.0 Å². The molecular weight excluding hydrogens is 356 g/mol. The maximum absolute atomic E-state index is 12.3. The summed E-state index contributed by atoms with van der Waals surface area (Å²) in [7, 11) is -3.85. The van der Waals surface area contributed by atoms with Crippen molar-refractivity contribution >= 4 is 31.9 Å². The first kappa shape index (κ1) is 18.1. The smallest absolute Gasteiger partial charge is 0.251 e. The molecule has 0 aromatic heterocycles. The Hall–Kier alpha value is -0.920. The van der Waals surface area contributed by atoms with Crippen LogP contribution in [0, 0.1) is 18.8 Å². The quantitative estimate of drug-likeness (QED) is 0.826. The van der Waals surface area contributed by atoms with Gasteiger partial charge in [0, 0.05) is 16.6 Å². The summed E-state index contributed by atoms with van der Waals surface area (Å²) >= 11 is 3.26. The molecule has 1 rings (SSSR count).